The van der Waals surface area contributed by atoms with Crippen LogP contribution in [0, 0.1) is 0 Å². The number of anilines is 12. The molecule has 0 aliphatic heterocycles. The highest BCUT2D eigenvalue weighted by molar-refractivity contribution is 5.96. The van der Waals surface area contributed by atoms with Gasteiger partial charge in [-0.2, -0.15) is 0 Å². The van der Waals surface area contributed by atoms with Crippen LogP contribution in [0.3, 0.4) is 0 Å². The molecule has 6 aliphatic rings. The van der Waals surface area contributed by atoms with Crippen molar-refractivity contribution in [2.45, 2.75) is 133 Å². The number of hydrogen-bond donors (Lipinski definition) is 0. The van der Waals surface area contributed by atoms with E-state index in [1.165, 1.54) is 150 Å². The first-order chi connectivity index (χ1) is 70.7. The maximum Gasteiger partial charge on any atom is 0.0715 e. The van der Waals surface area contributed by atoms with Crippen molar-refractivity contribution < 1.29 is 0 Å². The summed E-state index contributed by atoms with van der Waals surface area (Å²) in [6.45, 7) is 20.9. The maximum absolute atomic E-state index is 2.56. The minimum atomic E-state index is -0.766. The average molecular weight is 1870 g/mol. The van der Waals surface area contributed by atoms with Crippen LogP contribution in [0.25, 0.3) is 55.6 Å². The number of rotatable bonds is 20. The van der Waals surface area contributed by atoms with Gasteiger partial charge in [-0.15, -0.1) is 0 Å². The van der Waals surface area contributed by atoms with Gasteiger partial charge in [-0.3, -0.25) is 0 Å². The van der Waals surface area contributed by atoms with Gasteiger partial charge in [-0.1, -0.05) is 384 Å². The molecule has 4 nitrogen and oxygen atoms in total. The highest BCUT2D eigenvalue weighted by Gasteiger charge is 2.52. The lowest BCUT2D eigenvalue weighted by Gasteiger charge is -2.37. The molecule has 6 aliphatic carbocycles. The van der Waals surface area contributed by atoms with E-state index in [-0.39, 0.29) is 16.2 Å². The summed E-state index contributed by atoms with van der Waals surface area (Å²) in [5.74, 6) is 0. The lowest BCUT2D eigenvalue weighted by molar-refractivity contribution is 0.589. The molecule has 145 heavy (non-hydrogen) atoms. The summed E-state index contributed by atoms with van der Waals surface area (Å²) in [5.41, 5.74) is 51.4. The van der Waals surface area contributed by atoms with E-state index in [1.54, 1.807) is 0 Å². The Morgan fingerprint density at radius 2 is 0.345 bits per heavy atom. The summed E-state index contributed by atoms with van der Waals surface area (Å²) in [6, 6.07) is 179. The molecule has 20 aromatic carbocycles. The van der Waals surface area contributed by atoms with Crippen LogP contribution in [0.5, 0.6) is 0 Å². The normalized spacial score (nSPS) is 16.2. The Morgan fingerprint density at radius 1 is 0.152 bits per heavy atom. The fraction of sp³-hybridized carbons (Fsp3) is 0.149. The summed E-state index contributed by atoms with van der Waals surface area (Å²) in [4.78, 5) is 9.83. The molecule has 0 heterocycles. The highest BCUT2D eigenvalue weighted by atomic mass is 15.2. The molecule has 26 rings (SSSR count). The zero-order chi connectivity index (χ0) is 97.8. The Kier molecular flexibility index (Phi) is 21.1. The maximum atomic E-state index is 2.56. The van der Waals surface area contributed by atoms with Crippen LogP contribution in [-0.4, -0.2) is 0 Å². The third-order valence-corrected chi connectivity index (χ3v) is 32.9. The van der Waals surface area contributed by atoms with Gasteiger partial charge >= 0.3 is 0 Å². The second kappa shape index (κ2) is 34.5. The van der Waals surface area contributed by atoms with Crippen molar-refractivity contribution in [2.75, 3.05) is 19.6 Å². The van der Waals surface area contributed by atoms with E-state index in [2.05, 4.69) is 549 Å². The van der Waals surface area contributed by atoms with Crippen molar-refractivity contribution in [1.29, 1.82) is 0 Å². The number of hydrogen-bond acceptors (Lipinski definition) is 4. The molecule has 0 fully saturated rings. The van der Waals surface area contributed by atoms with Crippen LogP contribution in [0.15, 0.2) is 467 Å². The summed E-state index contributed by atoms with van der Waals surface area (Å²) in [6.07, 6.45) is 6.64. The van der Waals surface area contributed by atoms with Crippen molar-refractivity contribution >= 4 is 68.2 Å². The third kappa shape index (κ3) is 14.6. The molecule has 0 saturated carbocycles. The Morgan fingerprint density at radius 3 is 0.566 bits per heavy atom. The van der Waals surface area contributed by atoms with Gasteiger partial charge < -0.3 is 19.6 Å². The van der Waals surface area contributed by atoms with Gasteiger partial charge in [0.05, 0.1) is 16.2 Å². The fourth-order valence-electron chi connectivity index (χ4n) is 25.0. The smallest absolute Gasteiger partial charge is 0.0715 e. The van der Waals surface area contributed by atoms with E-state index < -0.39 is 16.2 Å². The van der Waals surface area contributed by atoms with Gasteiger partial charge in [-0.25, -0.2) is 0 Å². The molecular weight excluding hydrogens is 1750 g/mol. The molecule has 0 radical (unpaired) electrons. The van der Waals surface area contributed by atoms with Crippen LogP contribution in [0.2, 0.25) is 0 Å². The molecule has 2 unspecified atom stereocenters. The van der Waals surface area contributed by atoms with E-state index in [1.807, 2.05) is 0 Å². The zero-order valence-corrected chi connectivity index (χ0v) is 84.0. The average Bonchev–Trinajstić information content (AvgIpc) is 1.54. The van der Waals surface area contributed by atoms with Crippen molar-refractivity contribution in [2.24, 2.45) is 0 Å². The van der Waals surface area contributed by atoms with Crippen LogP contribution in [0.1, 0.15) is 179 Å². The SMILES string of the molecule is CC(C)(C)c1ccc(C2(c3ccc4c(c3)CC4)c3ccccc3-c3ccc(N(c4ccccc4)c4ccc(-c5ccc(N(c6ccccc6)c6ccc7c(c6)C(c6ccc(C(C)(C)C)cc6)(c6ccc8c(c6)CC8)c6cc(N(c8ccccc8)c8ccc(-c9ccc(N(c%10ccccc%10)c%10ccc%11c(c%10)C(c%10ccc(C(C)(C)C)cc%10)(c%10ccc%12c(c%10)CC%12)c%10ccccc%10-%11)cc9)cc8)ccc6-7)cc5)cc4)cc32)cc1. The van der Waals surface area contributed by atoms with Gasteiger partial charge in [0.2, 0.25) is 0 Å². The summed E-state index contributed by atoms with van der Waals surface area (Å²) < 4.78 is 0. The molecule has 0 saturated heterocycles. The molecule has 2 atom stereocenters. The molecule has 0 N–H and O–H groups in total. The van der Waals surface area contributed by atoms with Gasteiger partial charge in [0.15, 0.2) is 0 Å². The number of nitrogens with zero attached hydrogens (tertiary/aromatic N) is 4. The summed E-state index contributed by atoms with van der Waals surface area (Å²) >= 11 is 0. The second-order valence-corrected chi connectivity index (χ2v) is 44.1. The Bertz CT molecular complexity index is 7980. The predicted molar refractivity (Wildman–Crippen MR) is 606 cm³/mol. The molecule has 0 amide bonds. The lowest BCUT2D eigenvalue weighted by atomic mass is 9.66. The molecule has 0 aromatic heterocycles. The van der Waals surface area contributed by atoms with Crippen molar-refractivity contribution in [3.8, 4) is 55.6 Å². The van der Waals surface area contributed by atoms with Crippen molar-refractivity contribution in [3.63, 3.8) is 0 Å². The monoisotopic (exact) mass is 1860 g/mol. The minimum Gasteiger partial charge on any atom is -0.310 e. The molecule has 0 spiro atoms. The molecular formula is C141H116N4. The Hall–Kier alpha value is -16.4. The van der Waals surface area contributed by atoms with E-state index >= 15 is 0 Å². The summed E-state index contributed by atoms with van der Waals surface area (Å²) in [5, 5.41) is 0. The quantitative estimate of drug-likeness (QED) is 0.0754. The zero-order valence-electron chi connectivity index (χ0n) is 84.0. The van der Waals surface area contributed by atoms with Crippen LogP contribution in [0.4, 0.5) is 68.2 Å². The van der Waals surface area contributed by atoms with E-state index in [0.29, 0.717) is 0 Å². The first-order valence-corrected chi connectivity index (χ1v) is 52.0. The molecule has 700 valence electrons. The largest absolute Gasteiger partial charge is 0.310 e. The number of fused-ring (bicyclic) bond motifs is 12. The first kappa shape index (κ1) is 88.7. The van der Waals surface area contributed by atoms with Crippen LogP contribution in [-0.2, 0) is 71.0 Å². The second-order valence-electron chi connectivity index (χ2n) is 44.1. The number of para-hydroxylation sites is 4. The van der Waals surface area contributed by atoms with Crippen LogP contribution < -0.4 is 19.6 Å². The molecule has 20 aromatic rings. The van der Waals surface area contributed by atoms with E-state index in [0.717, 1.165) is 129 Å². The lowest BCUT2D eigenvalue weighted by Crippen LogP contribution is -2.30. The predicted octanol–water partition coefficient (Wildman–Crippen LogP) is 36.2. The minimum absolute atomic E-state index is 0.0108. The van der Waals surface area contributed by atoms with Gasteiger partial charge in [0.25, 0.3) is 0 Å². The number of aryl methyl sites for hydroxylation is 6. The Labute approximate surface area is 854 Å². The highest BCUT2D eigenvalue weighted by Crippen LogP contribution is 2.64. The summed E-state index contributed by atoms with van der Waals surface area (Å²) in [7, 11) is 0. The standard InChI is InChI=1S/C141H116N4/c1-136(2,3)103-58-64-106(65-59-103)139(109-55-44-97-38-41-100(97)86-109)130-36-24-22-34-124(130)126-82-78-120(89-132(126)139)142(112-26-14-10-15-27-112)116-70-47-93(48-71-116)95-51-74-118(75-52-95)144(114-30-18-12-19-31-114)122-80-84-128-129-85-81-123(92-135(129)141(134(128)91-122,111-57-46-99-40-43-102(99)88-111)108-68-62-105(63-69-108)138(7,8)9)145(115-32-20-13-21-33-115)119-76-53-96(54-77-119)94-49-72-117(73-50-94)143(113-28-16-11-17-29-113)121-79-83-127-125-35-23-25-37-131(125)140(133(127)90-121,110-56-45-98-39-42-101(98)87-110)107-66-60-104(61-67-107)137(4,5)6/h10-37,44-92H,38-43H2,1-9H3. The van der Waals surface area contributed by atoms with Gasteiger partial charge in [-0.05, 0) is 373 Å². The van der Waals surface area contributed by atoms with Gasteiger partial charge in [0, 0.05) is 68.2 Å². The van der Waals surface area contributed by atoms with Gasteiger partial charge in [0.1, 0.15) is 0 Å². The van der Waals surface area contributed by atoms with E-state index in [4.69, 9.17) is 0 Å². The van der Waals surface area contributed by atoms with Crippen LogP contribution >= 0.6 is 0 Å². The first-order valence-electron chi connectivity index (χ1n) is 52.0. The third-order valence-electron chi connectivity index (χ3n) is 32.9. The molecule has 0 bridgehead atoms. The fourth-order valence-corrected chi connectivity index (χ4v) is 25.0. The molecule has 4 heteroatoms. The van der Waals surface area contributed by atoms with E-state index in [9.17, 15) is 0 Å². The Balaban J connectivity index is 0.548. The van der Waals surface area contributed by atoms with Crippen molar-refractivity contribution in [1.82, 2.24) is 0 Å². The number of benzene rings is 20. The van der Waals surface area contributed by atoms with Crippen molar-refractivity contribution in [3.05, 3.63) is 584 Å². The topological polar surface area (TPSA) is 13.0 Å².